The van der Waals surface area contributed by atoms with Gasteiger partial charge in [-0.05, 0) is 36.0 Å². The zero-order valence-electron chi connectivity index (χ0n) is 19.6. The highest BCUT2D eigenvalue weighted by Crippen LogP contribution is 2.32. The minimum absolute atomic E-state index is 0.0187. The van der Waals surface area contributed by atoms with Gasteiger partial charge in [0.05, 0.1) is 30.8 Å². The lowest BCUT2D eigenvalue weighted by Gasteiger charge is -2.25. The number of carbonyl (C=O) groups is 1. The molecule has 0 bridgehead atoms. The van der Waals surface area contributed by atoms with Gasteiger partial charge >= 0.3 is 6.09 Å². The molecule has 0 unspecified atom stereocenters. The standard InChI is InChI=1S/C24H36N2O5/c1-7-8-11-30-21-19-12-17(31-14-16(2)3)9-10-18(19)22(27)26(15-24(4,5)6)20(21)13-25-23(28)29/h9-10,12,16,25H,7-8,11,13-15H2,1-6H3,(H,28,29). The van der Waals surface area contributed by atoms with E-state index >= 15 is 0 Å². The molecule has 1 aromatic heterocycles. The average molecular weight is 433 g/mol. The average Bonchev–Trinajstić information content (AvgIpc) is 2.67. The summed E-state index contributed by atoms with van der Waals surface area (Å²) in [6.07, 6.45) is 0.670. The van der Waals surface area contributed by atoms with Crippen LogP contribution in [-0.2, 0) is 13.1 Å². The third kappa shape index (κ3) is 6.91. The Balaban J connectivity index is 2.73. The molecule has 1 heterocycles. The lowest BCUT2D eigenvalue weighted by Crippen LogP contribution is -2.33. The second-order valence-electron chi connectivity index (χ2n) is 9.50. The molecule has 0 saturated heterocycles. The molecule has 2 rings (SSSR count). The summed E-state index contributed by atoms with van der Waals surface area (Å²) in [6.45, 7) is 13.8. The summed E-state index contributed by atoms with van der Waals surface area (Å²) < 4.78 is 13.7. The van der Waals surface area contributed by atoms with Crippen LogP contribution in [0.3, 0.4) is 0 Å². The molecular formula is C24H36N2O5. The van der Waals surface area contributed by atoms with Crippen LogP contribution >= 0.6 is 0 Å². The zero-order valence-corrected chi connectivity index (χ0v) is 19.6. The van der Waals surface area contributed by atoms with Gasteiger partial charge < -0.3 is 24.5 Å². The predicted molar refractivity (Wildman–Crippen MR) is 123 cm³/mol. The van der Waals surface area contributed by atoms with Crippen LogP contribution in [0.25, 0.3) is 10.8 Å². The topological polar surface area (TPSA) is 89.8 Å². The number of hydrogen-bond donors (Lipinski definition) is 2. The van der Waals surface area contributed by atoms with E-state index in [1.54, 1.807) is 16.7 Å². The SMILES string of the molecule is CCCCOc1c(CNC(=O)O)n(CC(C)(C)C)c(=O)c2ccc(OCC(C)C)cc12. The van der Waals surface area contributed by atoms with Gasteiger partial charge in [0.15, 0.2) is 0 Å². The van der Waals surface area contributed by atoms with Crippen molar-refractivity contribution in [2.45, 2.75) is 67.5 Å². The summed E-state index contributed by atoms with van der Waals surface area (Å²) in [4.78, 5) is 24.7. The Morgan fingerprint density at radius 3 is 2.48 bits per heavy atom. The molecule has 0 spiro atoms. The van der Waals surface area contributed by atoms with Gasteiger partial charge in [-0.25, -0.2) is 4.79 Å². The molecule has 0 aliphatic carbocycles. The second-order valence-corrected chi connectivity index (χ2v) is 9.50. The predicted octanol–water partition coefficient (Wildman–Crippen LogP) is 5.03. The van der Waals surface area contributed by atoms with E-state index < -0.39 is 6.09 Å². The quantitative estimate of drug-likeness (QED) is 0.514. The molecule has 7 nitrogen and oxygen atoms in total. The fourth-order valence-corrected chi connectivity index (χ4v) is 3.25. The number of nitrogens with one attached hydrogen (secondary N) is 1. The number of unbranched alkanes of at least 4 members (excludes halogenated alkanes) is 1. The maximum absolute atomic E-state index is 13.4. The molecule has 0 aliphatic rings. The van der Waals surface area contributed by atoms with Crippen molar-refractivity contribution in [1.29, 1.82) is 0 Å². The van der Waals surface area contributed by atoms with Gasteiger partial charge in [0.25, 0.3) is 5.56 Å². The highest BCUT2D eigenvalue weighted by molar-refractivity contribution is 5.89. The molecular weight excluding hydrogens is 396 g/mol. The lowest BCUT2D eigenvalue weighted by atomic mass is 9.96. The van der Waals surface area contributed by atoms with Crippen LogP contribution in [0, 0.1) is 11.3 Å². The summed E-state index contributed by atoms with van der Waals surface area (Å²) in [5.41, 5.74) is 0.188. The molecule has 0 saturated carbocycles. The molecule has 0 aliphatic heterocycles. The van der Waals surface area contributed by atoms with Gasteiger partial charge in [-0.2, -0.15) is 0 Å². The molecule has 172 valence electrons. The van der Waals surface area contributed by atoms with Crippen LogP contribution in [0.5, 0.6) is 11.5 Å². The number of benzene rings is 1. The summed E-state index contributed by atoms with van der Waals surface area (Å²) >= 11 is 0. The molecule has 31 heavy (non-hydrogen) atoms. The Labute approximate surface area is 184 Å². The second kappa shape index (κ2) is 10.6. The zero-order chi connectivity index (χ0) is 23.2. The normalized spacial score (nSPS) is 11.7. The van der Waals surface area contributed by atoms with E-state index in [2.05, 4.69) is 26.1 Å². The lowest BCUT2D eigenvalue weighted by molar-refractivity contribution is 0.193. The molecule has 0 radical (unpaired) electrons. The van der Waals surface area contributed by atoms with Crippen molar-refractivity contribution >= 4 is 16.9 Å². The van der Waals surface area contributed by atoms with Gasteiger partial charge in [0, 0.05) is 11.9 Å². The van der Waals surface area contributed by atoms with Crippen LogP contribution in [0.15, 0.2) is 23.0 Å². The Hall–Kier alpha value is -2.70. The highest BCUT2D eigenvalue weighted by Gasteiger charge is 2.23. The molecule has 2 N–H and O–H groups in total. The van der Waals surface area contributed by atoms with E-state index in [9.17, 15) is 14.7 Å². The first-order chi connectivity index (χ1) is 14.5. The van der Waals surface area contributed by atoms with Crippen LogP contribution in [0.4, 0.5) is 4.79 Å². The molecule has 0 atom stereocenters. The monoisotopic (exact) mass is 432 g/mol. The summed E-state index contributed by atoms with van der Waals surface area (Å²) in [6, 6.07) is 5.40. The van der Waals surface area contributed by atoms with E-state index in [4.69, 9.17) is 9.47 Å². The number of amides is 1. The van der Waals surface area contributed by atoms with Crippen molar-refractivity contribution < 1.29 is 19.4 Å². The first kappa shape index (κ1) is 24.6. The van der Waals surface area contributed by atoms with Crippen molar-refractivity contribution in [2.24, 2.45) is 11.3 Å². The largest absolute Gasteiger partial charge is 0.493 e. The van der Waals surface area contributed by atoms with Crippen molar-refractivity contribution in [3.05, 3.63) is 34.2 Å². The molecule has 7 heteroatoms. The van der Waals surface area contributed by atoms with E-state index in [1.165, 1.54) is 0 Å². The Morgan fingerprint density at radius 1 is 1.19 bits per heavy atom. The van der Waals surface area contributed by atoms with Gasteiger partial charge in [0.1, 0.15) is 11.5 Å². The number of fused-ring (bicyclic) bond motifs is 1. The fourth-order valence-electron chi connectivity index (χ4n) is 3.25. The van der Waals surface area contributed by atoms with Gasteiger partial charge in [0.2, 0.25) is 0 Å². The minimum Gasteiger partial charge on any atom is -0.493 e. The Kier molecular flexibility index (Phi) is 8.36. The van der Waals surface area contributed by atoms with Crippen LogP contribution < -0.4 is 20.3 Å². The molecule has 0 fully saturated rings. The number of hydrogen-bond acceptors (Lipinski definition) is 4. The van der Waals surface area contributed by atoms with Crippen molar-refractivity contribution in [3.63, 3.8) is 0 Å². The van der Waals surface area contributed by atoms with E-state index in [0.29, 0.717) is 53.6 Å². The molecule has 2 aromatic rings. The van der Waals surface area contributed by atoms with Gasteiger partial charge in [-0.1, -0.05) is 48.0 Å². The fraction of sp³-hybridized carbons (Fsp3) is 0.583. The summed E-state index contributed by atoms with van der Waals surface area (Å²) in [5, 5.41) is 12.8. The number of pyridine rings is 1. The van der Waals surface area contributed by atoms with Crippen LogP contribution in [-0.4, -0.2) is 29.0 Å². The number of aromatic nitrogens is 1. The number of nitrogens with zero attached hydrogens (tertiary/aromatic N) is 1. The van der Waals surface area contributed by atoms with E-state index in [0.717, 1.165) is 12.8 Å². The Bertz CT molecular complexity index is 957. The highest BCUT2D eigenvalue weighted by atomic mass is 16.5. The van der Waals surface area contributed by atoms with Crippen LogP contribution in [0.1, 0.15) is 60.1 Å². The van der Waals surface area contributed by atoms with Crippen molar-refractivity contribution in [2.75, 3.05) is 13.2 Å². The van der Waals surface area contributed by atoms with Gasteiger partial charge in [-0.3, -0.25) is 4.79 Å². The van der Waals surface area contributed by atoms with E-state index in [1.807, 2.05) is 26.8 Å². The molecule has 1 amide bonds. The van der Waals surface area contributed by atoms with Gasteiger partial charge in [-0.15, -0.1) is 0 Å². The maximum Gasteiger partial charge on any atom is 0.404 e. The smallest absolute Gasteiger partial charge is 0.404 e. The summed E-state index contributed by atoms with van der Waals surface area (Å²) in [7, 11) is 0. The minimum atomic E-state index is -1.15. The third-order valence-electron chi connectivity index (χ3n) is 4.67. The third-order valence-corrected chi connectivity index (χ3v) is 4.67. The number of ether oxygens (including phenoxy) is 2. The summed E-state index contributed by atoms with van der Waals surface area (Å²) in [5.74, 6) is 1.56. The first-order valence-electron chi connectivity index (χ1n) is 10.9. The van der Waals surface area contributed by atoms with Crippen LogP contribution in [0.2, 0.25) is 0 Å². The number of carboxylic acid groups (broad SMARTS) is 1. The molecule has 1 aromatic carbocycles. The van der Waals surface area contributed by atoms with Crippen molar-refractivity contribution in [3.8, 4) is 11.5 Å². The number of rotatable bonds is 10. The van der Waals surface area contributed by atoms with E-state index in [-0.39, 0.29) is 17.5 Å². The Morgan fingerprint density at radius 2 is 1.90 bits per heavy atom. The maximum atomic E-state index is 13.4. The first-order valence-corrected chi connectivity index (χ1v) is 10.9. The van der Waals surface area contributed by atoms with Crippen molar-refractivity contribution in [1.82, 2.24) is 9.88 Å².